The number of hydrogen-bond donors (Lipinski definition) is 1. The van der Waals surface area contributed by atoms with Gasteiger partial charge < -0.3 is 9.84 Å². The molecule has 17 heavy (non-hydrogen) atoms. The Morgan fingerprint density at radius 1 is 1.47 bits per heavy atom. The molecule has 2 rings (SSSR count). The molecule has 2 aromatic rings. The van der Waals surface area contributed by atoms with E-state index in [9.17, 15) is 0 Å². The van der Waals surface area contributed by atoms with Gasteiger partial charge in [-0.3, -0.25) is 0 Å². The molecule has 0 atom stereocenters. The number of aryl methyl sites for hydroxylation is 1. The Bertz CT molecular complexity index is 486. The van der Waals surface area contributed by atoms with Crippen LogP contribution in [0.25, 0.3) is 11.5 Å². The predicted octanol–water partition coefficient (Wildman–Crippen LogP) is 2.21. The van der Waals surface area contributed by atoms with E-state index in [1.807, 2.05) is 12.1 Å². The molecule has 2 heterocycles. The molecule has 0 amide bonds. The Balaban J connectivity index is 2.21. The van der Waals surface area contributed by atoms with Gasteiger partial charge in [-0.2, -0.15) is 16.7 Å². The monoisotopic (exact) mass is 250 g/mol. The van der Waals surface area contributed by atoms with E-state index in [-0.39, 0.29) is 0 Å². The molecule has 0 bridgehead atoms. The lowest BCUT2D eigenvalue weighted by atomic mass is 10.2. The molecule has 0 saturated heterocycles. The largest absolute Gasteiger partial charge is 0.369 e. The highest BCUT2D eigenvalue weighted by Gasteiger charge is 2.11. The fourth-order valence-corrected chi connectivity index (χ4v) is 1.70. The summed E-state index contributed by atoms with van der Waals surface area (Å²) in [5, 5.41) is 7.05. The Morgan fingerprint density at radius 2 is 2.35 bits per heavy atom. The molecule has 0 unspecified atom stereocenters. The Morgan fingerprint density at radius 3 is 3.06 bits per heavy atom. The molecule has 0 saturated carbocycles. The maximum absolute atomic E-state index is 5.15. The molecule has 0 aliphatic carbocycles. The van der Waals surface area contributed by atoms with E-state index in [2.05, 4.69) is 26.7 Å². The third-order valence-corrected chi connectivity index (χ3v) is 2.78. The van der Waals surface area contributed by atoms with Crippen LogP contribution in [0.15, 0.2) is 22.9 Å². The van der Waals surface area contributed by atoms with Gasteiger partial charge in [0.1, 0.15) is 5.82 Å². The van der Waals surface area contributed by atoms with Gasteiger partial charge in [-0.25, -0.2) is 4.98 Å². The quantitative estimate of drug-likeness (QED) is 0.821. The average molecular weight is 250 g/mol. The van der Waals surface area contributed by atoms with Crippen molar-refractivity contribution in [2.24, 2.45) is 0 Å². The number of aromatic nitrogens is 3. The molecule has 0 aliphatic rings. The fourth-order valence-electron chi connectivity index (χ4n) is 1.40. The van der Waals surface area contributed by atoms with Crippen molar-refractivity contribution in [3.63, 3.8) is 0 Å². The van der Waals surface area contributed by atoms with E-state index >= 15 is 0 Å². The van der Waals surface area contributed by atoms with E-state index in [1.54, 1.807) is 24.9 Å². The fraction of sp³-hybridized carbons (Fsp3) is 0.364. The smallest absolute Gasteiger partial charge is 0.261 e. The first kappa shape index (κ1) is 11.9. The summed E-state index contributed by atoms with van der Waals surface area (Å²) in [5.74, 6) is 2.94. The van der Waals surface area contributed by atoms with Crippen LogP contribution < -0.4 is 5.32 Å². The molecule has 1 N–H and O–H groups in total. The average Bonchev–Trinajstić information content (AvgIpc) is 2.77. The van der Waals surface area contributed by atoms with Gasteiger partial charge in [0.15, 0.2) is 5.82 Å². The molecule has 0 aromatic carbocycles. The molecule has 6 heteroatoms. The number of nitrogens with one attached hydrogen (secondary N) is 1. The molecule has 0 aliphatic heterocycles. The summed E-state index contributed by atoms with van der Waals surface area (Å²) in [6, 6.07) is 3.77. The van der Waals surface area contributed by atoms with E-state index in [1.165, 1.54) is 0 Å². The third kappa shape index (κ3) is 2.97. The van der Waals surface area contributed by atoms with Crippen LogP contribution in [0.3, 0.4) is 0 Å². The van der Waals surface area contributed by atoms with Crippen molar-refractivity contribution in [1.82, 2.24) is 15.1 Å². The van der Waals surface area contributed by atoms with Crippen molar-refractivity contribution in [3.05, 3.63) is 24.2 Å². The number of nitrogens with zero attached hydrogens (tertiary/aromatic N) is 3. The Labute approximate surface area is 104 Å². The van der Waals surface area contributed by atoms with E-state index in [0.717, 1.165) is 23.7 Å². The zero-order valence-electron chi connectivity index (χ0n) is 9.80. The first-order valence-corrected chi connectivity index (χ1v) is 6.69. The molecule has 2 aromatic heterocycles. The molecule has 90 valence electrons. The number of thioether (sulfide) groups is 1. The number of pyridine rings is 1. The minimum atomic E-state index is 0.502. The molecular formula is C11H14N4OS. The van der Waals surface area contributed by atoms with Gasteiger partial charge in [0.05, 0.1) is 5.56 Å². The normalized spacial score (nSPS) is 10.5. The van der Waals surface area contributed by atoms with Crippen LogP contribution in [-0.2, 0) is 0 Å². The molecule has 5 nitrogen and oxygen atoms in total. The highest BCUT2D eigenvalue weighted by Crippen LogP contribution is 2.23. The summed E-state index contributed by atoms with van der Waals surface area (Å²) in [6.45, 7) is 2.66. The second kappa shape index (κ2) is 5.67. The number of hydrogen-bond acceptors (Lipinski definition) is 6. The van der Waals surface area contributed by atoms with E-state index in [4.69, 9.17) is 4.52 Å². The van der Waals surface area contributed by atoms with Crippen molar-refractivity contribution >= 4 is 17.6 Å². The van der Waals surface area contributed by atoms with Crippen molar-refractivity contribution in [2.75, 3.05) is 23.9 Å². The van der Waals surface area contributed by atoms with E-state index < -0.39 is 0 Å². The topological polar surface area (TPSA) is 63.8 Å². The zero-order valence-corrected chi connectivity index (χ0v) is 10.6. The Hall–Kier alpha value is -1.56. The highest BCUT2D eigenvalue weighted by atomic mass is 32.2. The highest BCUT2D eigenvalue weighted by molar-refractivity contribution is 7.98. The Kier molecular flexibility index (Phi) is 3.98. The van der Waals surface area contributed by atoms with Crippen molar-refractivity contribution in [3.8, 4) is 11.5 Å². The van der Waals surface area contributed by atoms with Crippen LogP contribution in [0.1, 0.15) is 5.82 Å². The maximum Gasteiger partial charge on any atom is 0.261 e. The summed E-state index contributed by atoms with van der Waals surface area (Å²) in [6.07, 6.45) is 3.82. The van der Waals surface area contributed by atoms with Gasteiger partial charge in [0.2, 0.25) is 0 Å². The van der Waals surface area contributed by atoms with Gasteiger partial charge in [-0.05, 0) is 25.3 Å². The summed E-state index contributed by atoms with van der Waals surface area (Å²) >= 11 is 1.78. The van der Waals surface area contributed by atoms with Crippen LogP contribution >= 0.6 is 11.8 Å². The SMILES string of the molecule is CSCCNc1ncccc1-c1nc(C)no1. The summed E-state index contributed by atoms with van der Waals surface area (Å²) < 4.78 is 5.15. The minimum absolute atomic E-state index is 0.502. The van der Waals surface area contributed by atoms with Crippen LogP contribution in [0.4, 0.5) is 5.82 Å². The number of rotatable bonds is 5. The van der Waals surface area contributed by atoms with Crippen LogP contribution in [0, 0.1) is 6.92 Å². The van der Waals surface area contributed by atoms with Crippen LogP contribution in [-0.4, -0.2) is 33.7 Å². The second-order valence-corrected chi connectivity index (χ2v) is 4.45. The van der Waals surface area contributed by atoms with Crippen LogP contribution in [0.5, 0.6) is 0 Å². The van der Waals surface area contributed by atoms with Gasteiger partial charge >= 0.3 is 0 Å². The lowest BCUT2D eigenvalue weighted by molar-refractivity contribution is 0.425. The standard InChI is InChI=1S/C11H14N4OS/c1-8-14-11(16-15-8)9-4-3-5-12-10(9)13-6-7-17-2/h3-5H,6-7H2,1-2H3,(H,12,13). The van der Waals surface area contributed by atoms with Gasteiger partial charge in [0.25, 0.3) is 5.89 Å². The minimum Gasteiger partial charge on any atom is -0.369 e. The summed E-state index contributed by atoms with van der Waals surface area (Å²) in [4.78, 5) is 8.49. The van der Waals surface area contributed by atoms with E-state index in [0.29, 0.717) is 11.7 Å². The first-order valence-electron chi connectivity index (χ1n) is 5.30. The summed E-state index contributed by atoms with van der Waals surface area (Å²) in [7, 11) is 0. The van der Waals surface area contributed by atoms with Crippen molar-refractivity contribution in [2.45, 2.75) is 6.92 Å². The molecular weight excluding hydrogens is 236 g/mol. The number of anilines is 1. The van der Waals surface area contributed by atoms with Crippen molar-refractivity contribution < 1.29 is 4.52 Å². The maximum atomic E-state index is 5.15. The molecule has 0 spiro atoms. The zero-order chi connectivity index (χ0) is 12.1. The van der Waals surface area contributed by atoms with Crippen LogP contribution in [0.2, 0.25) is 0 Å². The van der Waals surface area contributed by atoms with Gasteiger partial charge in [-0.15, -0.1) is 0 Å². The lowest BCUT2D eigenvalue weighted by Gasteiger charge is -2.06. The lowest BCUT2D eigenvalue weighted by Crippen LogP contribution is -2.06. The molecule has 0 radical (unpaired) electrons. The summed E-state index contributed by atoms with van der Waals surface area (Å²) in [5.41, 5.74) is 0.842. The molecule has 0 fully saturated rings. The van der Waals surface area contributed by atoms with Crippen molar-refractivity contribution in [1.29, 1.82) is 0 Å². The third-order valence-electron chi connectivity index (χ3n) is 2.16. The van der Waals surface area contributed by atoms with Gasteiger partial charge in [0, 0.05) is 18.5 Å². The van der Waals surface area contributed by atoms with Gasteiger partial charge in [-0.1, -0.05) is 5.16 Å². The second-order valence-electron chi connectivity index (χ2n) is 3.47. The first-order chi connectivity index (χ1) is 8.31. The predicted molar refractivity (Wildman–Crippen MR) is 69.1 cm³/mol.